The molecule has 2 amide bonds. The molecule has 3 aromatic heterocycles. The normalized spacial score (nSPS) is 22.7. The molecule has 4 N–H and O–H groups in total. The molecule has 35 heavy (non-hydrogen) atoms. The van der Waals surface area contributed by atoms with Gasteiger partial charge in [-0.3, -0.25) is 5.10 Å². The lowest BCUT2D eigenvalue weighted by Gasteiger charge is -2.21. The van der Waals surface area contributed by atoms with Gasteiger partial charge in [0, 0.05) is 55.2 Å². The Morgan fingerprint density at radius 1 is 1.11 bits per heavy atom. The molecule has 10 heteroatoms. The molecule has 7 rings (SSSR count). The number of fused-ring (bicyclic) bond motifs is 2. The fourth-order valence-electron chi connectivity index (χ4n) is 5.08. The van der Waals surface area contributed by atoms with Crippen molar-refractivity contribution in [3.63, 3.8) is 0 Å². The summed E-state index contributed by atoms with van der Waals surface area (Å²) in [6.45, 7) is 2.06. The summed E-state index contributed by atoms with van der Waals surface area (Å²) in [7, 11) is 0. The molecule has 3 aliphatic rings. The van der Waals surface area contributed by atoms with Gasteiger partial charge in [-0.15, -0.1) is 11.3 Å². The lowest BCUT2D eigenvalue weighted by atomic mass is 10.2. The predicted octanol–water partition coefficient (Wildman–Crippen LogP) is 4.29. The zero-order valence-corrected chi connectivity index (χ0v) is 19.9. The van der Waals surface area contributed by atoms with Crippen LogP contribution in [0.2, 0.25) is 0 Å². The van der Waals surface area contributed by atoms with Crippen molar-refractivity contribution in [3.8, 4) is 0 Å². The molecule has 2 saturated carbocycles. The Bertz CT molecular complexity index is 1370. The van der Waals surface area contributed by atoms with E-state index in [1.165, 1.54) is 18.5 Å². The zero-order valence-electron chi connectivity index (χ0n) is 19.1. The predicted molar refractivity (Wildman–Crippen MR) is 136 cm³/mol. The number of piperidine rings is 1. The molecule has 4 aromatic rings. The van der Waals surface area contributed by atoms with E-state index in [-0.39, 0.29) is 6.03 Å². The molecule has 3 fully saturated rings. The van der Waals surface area contributed by atoms with Crippen LogP contribution < -0.4 is 16.0 Å². The van der Waals surface area contributed by atoms with E-state index in [0.717, 1.165) is 40.5 Å². The first-order valence-electron chi connectivity index (χ1n) is 12.1. The maximum Gasteiger partial charge on any atom is 0.317 e. The molecule has 4 heterocycles. The summed E-state index contributed by atoms with van der Waals surface area (Å²) in [6, 6.07) is 14.4. The molecule has 1 saturated heterocycles. The monoisotopic (exact) mass is 486 g/mol. The molecular formula is C25H26N8OS. The van der Waals surface area contributed by atoms with Gasteiger partial charge < -0.3 is 20.9 Å². The molecule has 0 spiro atoms. The summed E-state index contributed by atoms with van der Waals surface area (Å²) in [4.78, 5) is 24.0. The van der Waals surface area contributed by atoms with Crippen molar-refractivity contribution in [1.29, 1.82) is 0 Å². The van der Waals surface area contributed by atoms with Gasteiger partial charge in [0.1, 0.15) is 0 Å². The molecular weight excluding hydrogens is 460 g/mol. The van der Waals surface area contributed by atoms with Crippen LogP contribution in [0.4, 0.5) is 22.4 Å². The number of amides is 2. The number of carbonyl (C=O) groups excluding carboxylic acids is 1. The number of anilines is 3. The number of nitrogens with zero attached hydrogens (tertiary/aromatic N) is 4. The van der Waals surface area contributed by atoms with Gasteiger partial charge in [-0.05, 0) is 29.9 Å². The van der Waals surface area contributed by atoms with Crippen LogP contribution in [0.5, 0.6) is 0 Å². The number of hydrogen-bond acceptors (Lipinski definition) is 7. The van der Waals surface area contributed by atoms with Crippen LogP contribution in [0, 0.1) is 11.8 Å². The molecule has 1 aromatic carbocycles. The van der Waals surface area contributed by atoms with Gasteiger partial charge in [0.2, 0.25) is 5.95 Å². The number of likely N-dealkylation sites (tertiary alicyclic amines) is 1. The van der Waals surface area contributed by atoms with E-state index in [1.54, 1.807) is 11.3 Å². The minimum Gasteiger partial charge on any atom is -0.351 e. The first-order chi connectivity index (χ1) is 17.2. The average molecular weight is 487 g/mol. The Labute approximate surface area is 206 Å². The summed E-state index contributed by atoms with van der Waals surface area (Å²) in [5.74, 6) is 3.67. The lowest BCUT2D eigenvalue weighted by Crippen LogP contribution is -2.40. The average Bonchev–Trinajstić information content (AvgIpc) is 3.58. The van der Waals surface area contributed by atoms with E-state index < -0.39 is 0 Å². The van der Waals surface area contributed by atoms with Gasteiger partial charge in [-0.1, -0.05) is 30.3 Å². The van der Waals surface area contributed by atoms with Crippen LogP contribution in [0.25, 0.3) is 10.2 Å². The number of thiophene rings is 1. The number of aromatic nitrogens is 4. The van der Waals surface area contributed by atoms with Crippen LogP contribution in [-0.2, 0) is 6.54 Å². The number of benzene rings is 1. The van der Waals surface area contributed by atoms with Gasteiger partial charge in [0.15, 0.2) is 11.6 Å². The Morgan fingerprint density at radius 2 is 1.94 bits per heavy atom. The van der Waals surface area contributed by atoms with Gasteiger partial charge >= 0.3 is 6.03 Å². The summed E-state index contributed by atoms with van der Waals surface area (Å²) in [6.07, 6.45) is 2.46. The lowest BCUT2D eigenvalue weighted by molar-refractivity contribution is 0.202. The van der Waals surface area contributed by atoms with Crippen molar-refractivity contribution in [1.82, 2.24) is 30.4 Å². The molecule has 3 atom stereocenters. The Balaban J connectivity index is 0.989. The quantitative estimate of drug-likeness (QED) is 0.310. The fourth-order valence-corrected chi connectivity index (χ4v) is 5.85. The molecule has 1 unspecified atom stereocenters. The molecule has 178 valence electrons. The van der Waals surface area contributed by atoms with Crippen molar-refractivity contribution >= 4 is 45.2 Å². The summed E-state index contributed by atoms with van der Waals surface area (Å²) < 4.78 is 1.02. The molecule has 2 aliphatic carbocycles. The zero-order chi connectivity index (χ0) is 23.4. The molecule has 9 nitrogen and oxygen atoms in total. The maximum absolute atomic E-state index is 12.6. The van der Waals surface area contributed by atoms with Crippen molar-refractivity contribution in [2.45, 2.75) is 31.3 Å². The largest absolute Gasteiger partial charge is 0.351 e. The second-order valence-corrected chi connectivity index (χ2v) is 10.6. The Kier molecular flexibility index (Phi) is 4.86. The third kappa shape index (κ3) is 4.07. The highest BCUT2D eigenvalue weighted by Crippen LogP contribution is 2.47. The minimum atomic E-state index is 0.00630. The minimum absolute atomic E-state index is 0.00630. The van der Waals surface area contributed by atoms with Gasteiger partial charge in [0.05, 0.1) is 10.2 Å². The Morgan fingerprint density at radius 3 is 2.74 bits per heavy atom. The number of nitrogens with one attached hydrogen (secondary N) is 4. The van der Waals surface area contributed by atoms with E-state index >= 15 is 0 Å². The van der Waals surface area contributed by atoms with Crippen LogP contribution in [-0.4, -0.2) is 50.2 Å². The second-order valence-electron chi connectivity index (χ2n) is 9.69. The van der Waals surface area contributed by atoms with Crippen molar-refractivity contribution < 1.29 is 4.79 Å². The summed E-state index contributed by atoms with van der Waals surface area (Å²) >= 11 is 1.62. The number of carbonyl (C=O) groups is 1. The van der Waals surface area contributed by atoms with E-state index in [2.05, 4.69) is 32.2 Å². The number of aromatic amines is 1. The van der Waals surface area contributed by atoms with Gasteiger partial charge in [0.25, 0.3) is 0 Å². The smallest absolute Gasteiger partial charge is 0.317 e. The fraction of sp³-hybridized carbons (Fsp3) is 0.360. The molecule has 0 radical (unpaired) electrons. The van der Waals surface area contributed by atoms with Crippen molar-refractivity contribution in [2.75, 3.05) is 23.7 Å². The highest BCUT2D eigenvalue weighted by atomic mass is 32.1. The third-order valence-corrected chi connectivity index (χ3v) is 8.14. The van der Waals surface area contributed by atoms with Crippen LogP contribution in [0.15, 0.2) is 47.8 Å². The highest BCUT2D eigenvalue weighted by Gasteiger charge is 2.57. The van der Waals surface area contributed by atoms with Crippen LogP contribution in [0.1, 0.15) is 30.0 Å². The highest BCUT2D eigenvalue weighted by molar-refractivity contribution is 7.17. The topological polar surface area (TPSA) is 111 Å². The van der Waals surface area contributed by atoms with Gasteiger partial charge in [-0.25, -0.2) is 9.78 Å². The van der Waals surface area contributed by atoms with E-state index in [0.29, 0.717) is 36.3 Å². The molecule has 0 bridgehead atoms. The molecule has 1 aliphatic heterocycles. The number of rotatable bonds is 7. The summed E-state index contributed by atoms with van der Waals surface area (Å²) in [5.41, 5.74) is 3.21. The number of urea groups is 1. The Hall–Kier alpha value is -3.66. The van der Waals surface area contributed by atoms with Crippen molar-refractivity contribution in [3.05, 3.63) is 59.1 Å². The van der Waals surface area contributed by atoms with Crippen LogP contribution in [0.3, 0.4) is 0 Å². The standard InChI is InChI=1S/C25H26N8OS/c34-25(26-11-14-4-2-1-3-5-14)33-12-16-17(13-33)21(16)29-24-27-18-8-9-35-22(18)23(30-24)28-20-10-19(31-32-20)15-6-7-15/h1-5,8-10,15-17,21H,6-7,11-13H2,(H,26,34)(H3,27,28,29,30,31,32)/t16-,17+,21?. The second kappa shape index (κ2) is 8.23. The van der Waals surface area contributed by atoms with E-state index in [1.807, 2.05) is 46.7 Å². The maximum atomic E-state index is 12.6. The third-order valence-electron chi connectivity index (χ3n) is 7.23. The van der Waals surface area contributed by atoms with E-state index in [4.69, 9.17) is 9.97 Å². The summed E-state index contributed by atoms with van der Waals surface area (Å²) in [5, 5.41) is 19.5. The van der Waals surface area contributed by atoms with E-state index in [9.17, 15) is 4.79 Å². The first-order valence-corrected chi connectivity index (χ1v) is 13.0. The first kappa shape index (κ1) is 20.7. The van der Waals surface area contributed by atoms with Crippen molar-refractivity contribution in [2.24, 2.45) is 11.8 Å². The number of hydrogen-bond donors (Lipinski definition) is 4. The van der Waals surface area contributed by atoms with Gasteiger partial charge in [-0.2, -0.15) is 10.1 Å². The number of H-pyrrole nitrogens is 1. The SMILES string of the molecule is O=C(NCc1ccccc1)N1C[C@@H]2C(Nc3nc(Nc4cc(C5CC5)[nH]n4)c4sccc4n3)[C@@H]2C1. The van der Waals surface area contributed by atoms with Crippen LogP contribution >= 0.6 is 11.3 Å².